The maximum Gasteiger partial charge on any atom is 0.208 e. The standard InChI is InChI=1S/C3H8N4/c4-3(5)6-7-1-2-7/h1-2H2,(H4,4,5,6). The summed E-state index contributed by atoms with van der Waals surface area (Å²) < 4.78 is 0. The largest absolute Gasteiger partial charge is 0.369 e. The third-order valence-electron chi connectivity index (χ3n) is 0.680. The highest BCUT2D eigenvalue weighted by Crippen LogP contribution is 2.00. The average molecular weight is 100 g/mol. The predicted octanol–water partition coefficient (Wildman–Crippen LogP) is -1.51. The molecule has 1 aliphatic rings. The lowest BCUT2D eigenvalue weighted by atomic mass is 11.0. The lowest BCUT2D eigenvalue weighted by Gasteiger charge is -1.88. The fourth-order valence-corrected chi connectivity index (χ4v) is 0.308. The van der Waals surface area contributed by atoms with Gasteiger partial charge in [-0.05, 0) is 0 Å². The van der Waals surface area contributed by atoms with Gasteiger partial charge in [0.2, 0.25) is 5.96 Å². The Kier molecular flexibility index (Phi) is 0.780. The molecule has 7 heavy (non-hydrogen) atoms. The van der Waals surface area contributed by atoms with E-state index in [4.69, 9.17) is 11.5 Å². The second-order valence-electron chi connectivity index (χ2n) is 1.48. The monoisotopic (exact) mass is 100 g/mol. The van der Waals surface area contributed by atoms with Gasteiger partial charge in [0.1, 0.15) is 0 Å². The molecule has 0 atom stereocenters. The number of hydrazone groups is 1. The van der Waals surface area contributed by atoms with E-state index >= 15 is 0 Å². The minimum absolute atomic E-state index is 0.150. The molecule has 0 aromatic rings. The van der Waals surface area contributed by atoms with Crippen molar-refractivity contribution in [1.29, 1.82) is 0 Å². The van der Waals surface area contributed by atoms with Crippen LogP contribution in [0, 0.1) is 0 Å². The van der Waals surface area contributed by atoms with Gasteiger partial charge in [-0.1, -0.05) is 0 Å². The Labute approximate surface area is 41.8 Å². The van der Waals surface area contributed by atoms with Crippen LogP contribution in [-0.4, -0.2) is 24.1 Å². The van der Waals surface area contributed by atoms with Crippen LogP contribution in [0.4, 0.5) is 0 Å². The van der Waals surface area contributed by atoms with Crippen LogP contribution in [0.25, 0.3) is 0 Å². The van der Waals surface area contributed by atoms with E-state index in [1.165, 1.54) is 0 Å². The zero-order valence-electron chi connectivity index (χ0n) is 3.96. The molecule has 0 aromatic carbocycles. The fraction of sp³-hybridized carbons (Fsp3) is 0.667. The van der Waals surface area contributed by atoms with Crippen LogP contribution >= 0.6 is 0 Å². The lowest BCUT2D eigenvalue weighted by Crippen LogP contribution is -2.23. The molecule has 40 valence electrons. The normalized spacial score (nSPS) is 16.3. The van der Waals surface area contributed by atoms with E-state index < -0.39 is 0 Å². The Balaban J connectivity index is 2.29. The van der Waals surface area contributed by atoms with E-state index in [0.717, 1.165) is 13.1 Å². The Morgan fingerprint density at radius 3 is 2.14 bits per heavy atom. The van der Waals surface area contributed by atoms with E-state index in [9.17, 15) is 0 Å². The molecule has 1 fully saturated rings. The lowest BCUT2D eigenvalue weighted by molar-refractivity contribution is 0.605. The van der Waals surface area contributed by atoms with Crippen molar-refractivity contribution >= 4 is 5.96 Å². The van der Waals surface area contributed by atoms with Crippen molar-refractivity contribution in [2.75, 3.05) is 13.1 Å². The van der Waals surface area contributed by atoms with Gasteiger partial charge in [0.05, 0.1) is 13.1 Å². The minimum Gasteiger partial charge on any atom is -0.369 e. The van der Waals surface area contributed by atoms with Crippen molar-refractivity contribution in [2.45, 2.75) is 0 Å². The number of rotatable bonds is 1. The Morgan fingerprint density at radius 1 is 1.43 bits per heavy atom. The van der Waals surface area contributed by atoms with Crippen molar-refractivity contribution in [2.24, 2.45) is 16.6 Å². The summed E-state index contributed by atoms with van der Waals surface area (Å²) in [5, 5.41) is 5.48. The van der Waals surface area contributed by atoms with Crippen molar-refractivity contribution < 1.29 is 0 Å². The van der Waals surface area contributed by atoms with Gasteiger partial charge in [0, 0.05) is 0 Å². The molecular formula is C3H8N4. The highest BCUT2D eigenvalue weighted by atomic mass is 15.6. The van der Waals surface area contributed by atoms with E-state index in [1.807, 2.05) is 0 Å². The number of nitrogens with zero attached hydrogens (tertiary/aromatic N) is 2. The summed E-state index contributed by atoms with van der Waals surface area (Å²) in [6.07, 6.45) is 0. The molecular weight excluding hydrogens is 92.1 g/mol. The van der Waals surface area contributed by atoms with Crippen LogP contribution in [0.3, 0.4) is 0 Å². The molecule has 0 aliphatic carbocycles. The van der Waals surface area contributed by atoms with E-state index in [0.29, 0.717) is 0 Å². The first kappa shape index (κ1) is 4.23. The molecule has 0 saturated carbocycles. The Morgan fingerprint density at radius 2 is 2.00 bits per heavy atom. The highest BCUT2D eigenvalue weighted by Gasteiger charge is 2.13. The minimum atomic E-state index is 0.150. The smallest absolute Gasteiger partial charge is 0.208 e. The van der Waals surface area contributed by atoms with Crippen LogP contribution in [-0.2, 0) is 0 Å². The van der Waals surface area contributed by atoms with Gasteiger partial charge in [-0.3, -0.25) is 5.01 Å². The van der Waals surface area contributed by atoms with Gasteiger partial charge in [0.15, 0.2) is 0 Å². The molecule has 4 nitrogen and oxygen atoms in total. The van der Waals surface area contributed by atoms with Crippen LogP contribution in [0.1, 0.15) is 0 Å². The molecule has 0 bridgehead atoms. The van der Waals surface area contributed by atoms with Gasteiger partial charge in [-0.25, -0.2) is 0 Å². The molecule has 0 unspecified atom stereocenters. The van der Waals surface area contributed by atoms with Crippen molar-refractivity contribution in [3.8, 4) is 0 Å². The van der Waals surface area contributed by atoms with E-state index in [-0.39, 0.29) is 5.96 Å². The second kappa shape index (κ2) is 1.29. The zero-order valence-corrected chi connectivity index (χ0v) is 3.96. The molecule has 4 N–H and O–H groups in total. The zero-order chi connectivity index (χ0) is 5.28. The second-order valence-corrected chi connectivity index (χ2v) is 1.48. The molecule has 1 heterocycles. The maximum atomic E-state index is 5.02. The third-order valence-corrected chi connectivity index (χ3v) is 0.680. The molecule has 0 radical (unpaired) electrons. The van der Waals surface area contributed by atoms with Crippen LogP contribution < -0.4 is 11.5 Å². The summed E-state index contributed by atoms with van der Waals surface area (Å²) in [5.41, 5.74) is 10.0. The quantitative estimate of drug-likeness (QED) is 0.239. The van der Waals surface area contributed by atoms with Crippen LogP contribution in [0.15, 0.2) is 5.10 Å². The van der Waals surface area contributed by atoms with Gasteiger partial charge in [-0.2, -0.15) is 0 Å². The fourth-order valence-electron chi connectivity index (χ4n) is 0.308. The number of nitrogens with two attached hydrogens (primary N) is 2. The molecule has 1 aliphatic heterocycles. The molecule has 0 spiro atoms. The summed E-state index contributed by atoms with van der Waals surface area (Å²) in [5.74, 6) is 0.150. The summed E-state index contributed by atoms with van der Waals surface area (Å²) in [4.78, 5) is 0. The summed E-state index contributed by atoms with van der Waals surface area (Å²) in [6, 6.07) is 0. The van der Waals surface area contributed by atoms with Crippen LogP contribution in [0.2, 0.25) is 0 Å². The third kappa shape index (κ3) is 1.30. The van der Waals surface area contributed by atoms with Gasteiger partial charge in [-0.15, -0.1) is 5.10 Å². The number of hydrogen-bond acceptors (Lipinski definition) is 2. The molecule has 0 amide bonds. The molecule has 1 rings (SSSR count). The number of guanidine groups is 1. The Hall–Kier alpha value is -0.930. The molecule has 4 heteroatoms. The predicted molar refractivity (Wildman–Crippen MR) is 27.4 cm³/mol. The number of hydrogen-bond donors (Lipinski definition) is 2. The summed E-state index contributed by atoms with van der Waals surface area (Å²) >= 11 is 0. The topological polar surface area (TPSA) is 67.4 Å². The van der Waals surface area contributed by atoms with Crippen LogP contribution in [0.5, 0.6) is 0 Å². The first-order chi connectivity index (χ1) is 3.29. The summed E-state index contributed by atoms with van der Waals surface area (Å²) in [7, 11) is 0. The Bertz CT molecular complexity index is 89.1. The molecule has 1 saturated heterocycles. The van der Waals surface area contributed by atoms with Gasteiger partial charge < -0.3 is 11.5 Å². The van der Waals surface area contributed by atoms with Gasteiger partial charge in [0.25, 0.3) is 0 Å². The first-order valence-corrected chi connectivity index (χ1v) is 2.13. The van der Waals surface area contributed by atoms with Crippen molar-refractivity contribution in [3.05, 3.63) is 0 Å². The van der Waals surface area contributed by atoms with Crippen molar-refractivity contribution in [1.82, 2.24) is 5.01 Å². The van der Waals surface area contributed by atoms with Crippen molar-refractivity contribution in [3.63, 3.8) is 0 Å². The maximum absolute atomic E-state index is 5.02. The average Bonchev–Trinajstić information content (AvgIpc) is 2.17. The first-order valence-electron chi connectivity index (χ1n) is 2.13. The highest BCUT2D eigenvalue weighted by molar-refractivity contribution is 5.75. The molecule has 0 aromatic heterocycles. The van der Waals surface area contributed by atoms with E-state index in [1.54, 1.807) is 5.01 Å². The SMILES string of the molecule is NC(N)=NN1CC1. The summed E-state index contributed by atoms with van der Waals surface area (Å²) in [6.45, 7) is 2.00. The van der Waals surface area contributed by atoms with Gasteiger partial charge >= 0.3 is 0 Å². The van der Waals surface area contributed by atoms with E-state index in [2.05, 4.69) is 5.10 Å².